The summed E-state index contributed by atoms with van der Waals surface area (Å²) >= 11 is 0. The number of amides is 2. The fourth-order valence-corrected chi connectivity index (χ4v) is 1.26. The van der Waals surface area contributed by atoms with Gasteiger partial charge in [0.25, 0.3) is 0 Å². The van der Waals surface area contributed by atoms with Crippen LogP contribution in [0.4, 0.5) is 0 Å². The van der Waals surface area contributed by atoms with E-state index < -0.39 is 11.9 Å². The smallest absolute Gasteiger partial charge is 0.335 e. The van der Waals surface area contributed by atoms with Crippen LogP contribution in [-0.2, 0) is 9.59 Å². The van der Waals surface area contributed by atoms with Crippen LogP contribution in [-0.4, -0.2) is 34.0 Å². The van der Waals surface area contributed by atoms with Crippen molar-refractivity contribution in [3.8, 4) is 0 Å². The maximum Gasteiger partial charge on any atom is 0.335 e. The summed E-state index contributed by atoms with van der Waals surface area (Å²) < 4.78 is 0. The van der Waals surface area contributed by atoms with Gasteiger partial charge in [-0.3, -0.25) is 14.9 Å². The minimum Gasteiger partial charge on any atom is -0.478 e. The number of aromatic carboxylic acids is 2. The predicted molar refractivity (Wildman–Crippen MR) is 62.7 cm³/mol. The number of rotatable bonds is 2. The average Bonchev–Trinajstić information content (AvgIpc) is 2.74. The summed E-state index contributed by atoms with van der Waals surface area (Å²) in [4.78, 5) is 40.9. The third kappa shape index (κ3) is 4.58. The van der Waals surface area contributed by atoms with E-state index in [1.807, 2.05) is 0 Å². The summed E-state index contributed by atoms with van der Waals surface area (Å²) in [5, 5.41) is 19.1. The Morgan fingerprint density at radius 3 is 1.32 bits per heavy atom. The Morgan fingerprint density at radius 1 is 0.842 bits per heavy atom. The lowest BCUT2D eigenvalue weighted by atomic mass is 10.1. The second-order valence-corrected chi connectivity index (χ2v) is 3.66. The number of carbonyl (C=O) groups is 4. The van der Waals surface area contributed by atoms with E-state index in [1.165, 1.54) is 24.3 Å². The second kappa shape index (κ2) is 6.29. The summed E-state index contributed by atoms with van der Waals surface area (Å²) in [6, 6.07) is 5.02. The molecule has 0 saturated carbocycles. The molecule has 0 atom stereocenters. The third-order valence-electron chi connectivity index (χ3n) is 2.24. The lowest BCUT2D eigenvalue weighted by molar-refractivity contribution is -0.124. The largest absolute Gasteiger partial charge is 0.478 e. The molecule has 100 valence electrons. The van der Waals surface area contributed by atoms with Crippen molar-refractivity contribution in [2.75, 3.05) is 0 Å². The maximum atomic E-state index is 10.3. The van der Waals surface area contributed by atoms with Gasteiger partial charge in [0.2, 0.25) is 11.8 Å². The highest BCUT2D eigenvalue weighted by molar-refractivity contribution is 6.01. The number of carbonyl (C=O) groups excluding carboxylic acids is 2. The number of carboxylic acids is 2. The molecule has 2 amide bonds. The van der Waals surface area contributed by atoms with Crippen LogP contribution in [0.3, 0.4) is 0 Å². The Morgan fingerprint density at radius 2 is 1.16 bits per heavy atom. The van der Waals surface area contributed by atoms with Gasteiger partial charge in [0, 0.05) is 12.8 Å². The Hall–Kier alpha value is -2.70. The van der Waals surface area contributed by atoms with Crippen LogP contribution < -0.4 is 5.32 Å². The van der Waals surface area contributed by atoms with Crippen molar-refractivity contribution >= 4 is 23.8 Å². The minimum atomic E-state index is -1.06. The van der Waals surface area contributed by atoms with Crippen LogP contribution in [0, 0.1) is 0 Å². The average molecular weight is 265 g/mol. The Kier molecular flexibility index (Phi) is 4.76. The Bertz CT molecular complexity index is 473. The van der Waals surface area contributed by atoms with Crippen LogP contribution >= 0.6 is 0 Å². The first-order valence-electron chi connectivity index (χ1n) is 5.29. The highest BCUT2D eigenvalue weighted by atomic mass is 16.4. The second-order valence-electron chi connectivity index (χ2n) is 3.66. The van der Waals surface area contributed by atoms with Crippen molar-refractivity contribution in [1.29, 1.82) is 0 Å². The zero-order valence-corrected chi connectivity index (χ0v) is 9.75. The van der Waals surface area contributed by atoms with Gasteiger partial charge in [0.1, 0.15) is 0 Å². The van der Waals surface area contributed by atoms with Gasteiger partial charge in [-0.1, -0.05) is 0 Å². The van der Waals surface area contributed by atoms with Crippen molar-refractivity contribution in [3.63, 3.8) is 0 Å². The fourth-order valence-electron chi connectivity index (χ4n) is 1.26. The predicted octanol–water partition coefficient (Wildman–Crippen LogP) is 0.506. The first-order chi connectivity index (χ1) is 8.90. The molecule has 7 heteroatoms. The Balaban J connectivity index is 0.000000218. The van der Waals surface area contributed by atoms with Crippen LogP contribution in [0.25, 0.3) is 0 Å². The standard InChI is InChI=1S/C8H6O4.C4H5NO2/c9-7(10)5-1-2-6(4-3-5)8(11)12;6-3-1-2-4(7)5-3/h1-4H,(H,9,10)(H,11,12);1-2H2,(H,5,6,7). The molecular weight excluding hydrogens is 254 g/mol. The van der Waals surface area contributed by atoms with E-state index in [-0.39, 0.29) is 22.9 Å². The molecule has 0 spiro atoms. The zero-order chi connectivity index (χ0) is 14.4. The first-order valence-corrected chi connectivity index (χ1v) is 5.29. The molecule has 1 saturated heterocycles. The van der Waals surface area contributed by atoms with E-state index in [4.69, 9.17) is 10.2 Å². The van der Waals surface area contributed by atoms with Crippen molar-refractivity contribution in [2.24, 2.45) is 0 Å². The molecular formula is C12H11NO6. The number of hydrogen-bond acceptors (Lipinski definition) is 4. The van der Waals surface area contributed by atoms with Crippen LogP contribution in [0.1, 0.15) is 33.6 Å². The fraction of sp³-hybridized carbons (Fsp3) is 0.167. The van der Waals surface area contributed by atoms with Gasteiger partial charge >= 0.3 is 11.9 Å². The van der Waals surface area contributed by atoms with E-state index in [1.54, 1.807) is 0 Å². The number of benzene rings is 1. The van der Waals surface area contributed by atoms with Crippen LogP contribution in [0.5, 0.6) is 0 Å². The molecule has 0 unspecified atom stereocenters. The molecule has 0 aliphatic carbocycles. The number of hydrogen-bond donors (Lipinski definition) is 3. The van der Waals surface area contributed by atoms with Gasteiger partial charge in [-0.05, 0) is 24.3 Å². The topological polar surface area (TPSA) is 121 Å². The zero-order valence-electron chi connectivity index (χ0n) is 9.75. The van der Waals surface area contributed by atoms with Crippen molar-refractivity contribution in [1.82, 2.24) is 5.32 Å². The summed E-state index contributed by atoms with van der Waals surface area (Å²) in [6.45, 7) is 0. The highest BCUT2D eigenvalue weighted by Gasteiger charge is 2.15. The lowest BCUT2D eigenvalue weighted by Gasteiger charge is -1.94. The number of carboxylic acid groups (broad SMARTS) is 2. The summed E-state index contributed by atoms with van der Waals surface area (Å²) in [5.41, 5.74) is 0.167. The van der Waals surface area contributed by atoms with E-state index in [9.17, 15) is 19.2 Å². The molecule has 1 aliphatic heterocycles. The number of nitrogens with one attached hydrogen (secondary N) is 1. The molecule has 2 rings (SSSR count). The summed E-state index contributed by atoms with van der Waals surface area (Å²) in [6.07, 6.45) is 0.748. The van der Waals surface area contributed by atoms with Gasteiger partial charge in [-0.15, -0.1) is 0 Å². The van der Waals surface area contributed by atoms with Gasteiger partial charge in [-0.25, -0.2) is 9.59 Å². The van der Waals surface area contributed by atoms with Gasteiger partial charge < -0.3 is 10.2 Å². The monoisotopic (exact) mass is 265 g/mol. The summed E-state index contributed by atoms with van der Waals surface area (Å²) in [5.74, 6) is -2.42. The third-order valence-corrected chi connectivity index (χ3v) is 2.24. The molecule has 0 aromatic heterocycles. The first kappa shape index (κ1) is 14.4. The van der Waals surface area contributed by atoms with Crippen LogP contribution in [0.15, 0.2) is 24.3 Å². The lowest BCUT2D eigenvalue weighted by Crippen LogP contribution is -2.18. The van der Waals surface area contributed by atoms with E-state index in [0.717, 1.165) is 0 Å². The normalized spacial score (nSPS) is 13.3. The van der Waals surface area contributed by atoms with E-state index >= 15 is 0 Å². The highest BCUT2D eigenvalue weighted by Crippen LogP contribution is 2.03. The molecule has 19 heavy (non-hydrogen) atoms. The molecule has 1 aromatic rings. The van der Waals surface area contributed by atoms with Crippen molar-refractivity contribution in [3.05, 3.63) is 35.4 Å². The van der Waals surface area contributed by atoms with Gasteiger partial charge in [0.15, 0.2) is 0 Å². The quantitative estimate of drug-likeness (QED) is 0.670. The molecule has 1 heterocycles. The molecule has 1 aliphatic rings. The van der Waals surface area contributed by atoms with Crippen molar-refractivity contribution < 1.29 is 29.4 Å². The SMILES string of the molecule is O=C(O)c1ccc(C(=O)O)cc1.O=C1CCC(=O)N1. The van der Waals surface area contributed by atoms with E-state index in [2.05, 4.69) is 5.32 Å². The molecule has 1 fully saturated rings. The van der Waals surface area contributed by atoms with Gasteiger partial charge in [0.05, 0.1) is 11.1 Å². The van der Waals surface area contributed by atoms with Gasteiger partial charge in [-0.2, -0.15) is 0 Å². The molecule has 7 nitrogen and oxygen atoms in total. The summed E-state index contributed by atoms with van der Waals surface area (Å²) in [7, 11) is 0. The van der Waals surface area contributed by atoms with E-state index in [0.29, 0.717) is 12.8 Å². The maximum absolute atomic E-state index is 10.3. The molecule has 1 aromatic carbocycles. The van der Waals surface area contributed by atoms with Crippen LogP contribution in [0.2, 0.25) is 0 Å². The molecule has 3 N–H and O–H groups in total. The number of imide groups is 1. The molecule has 0 bridgehead atoms. The van der Waals surface area contributed by atoms with Crippen molar-refractivity contribution in [2.45, 2.75) is 12.8 Å². The Labute approximate surface area is 107 Å². The minimum absolute atomic E-state index is 0.0833. The molecule has 0 radical (unpaired) electrons.